The molecule has 5 nitrogen and oxygen atoms in total. The molecule has 116 valence electrons. The van der Waals surface area contributed by atoms with Gasteiger partial charge in [-0.05, 0) is 37.0 Å². The van der Waals surface area contributed by atoms with Crippen LogP contribution in [-0.2, 0) is 14.3 Å². The molecule has 1 amide bonds. The summed E-state index contributed by atoms with van der Waals surface area (Å²) >= 11 is 0. The Morgan fingerprint density at radius 2 is 2.05 bits per heavy atom. The van der Waals surface area contributed by atoms with Gasteiger partial charge in [-0.1, -0.05) is 20.8 Å². The first-order valence-electron chi connectivity index (χ1n) is 7.42. The van der Waals surface area contributed by atoms with Crippen molar-refractivity contribution in [1.29, 1.82) is 0 Å². The zero-order chi connectivity index (χ0) is 15.2. The van der Waals surface area contributed by atoms with Crippen LogP contribution in [0.4, 0.5) is 0 Å². The van der Waals surface area contributed by atoms with Crippen LogP contribution < -0.4 is 5.32 Å². The van der Waals surface area contributed by atoms with Crippen molar-refractivity contribution in [3.63, 3.8) is 0 Å². The van der Waals surface area contributed by atoms with Crippen LogP contribution >= 0.6 is 0 Å². The van der Waals surface area contributed by atoms with Gasteiger partial charge in [0.25, 0.3) is 0 Å². The van der Waals surface area contributed by atoms with Gasteiger partial charge in [0.1, 0.15) is 6.10 Å². The molecule has 1 aliphatic rings. The van der Waals surface area contributed by atoms with Crippen molar-refractivity contribution in [1.82, 2.24) is 5.32 Å². The molecule has 0 radical (unpaired) electrons. The second-order valence-corrected chi connectivity index (χ2v) is 6.58. The average molecular weight is 285 g/mol. The number of hydrogen-bond acceptors (Lipinski definition) is 3. The molecule has 1 fully saturated rings. The van der Waals surface area contributed by atoms with Gasteiger partial charge in [0.15, 0.2) is 0 Å². The molecular weight excluding hydrogens is 258 g/mol. The Hall–Kier alpha value is -1.10. The SMILES string of the molecule is CC(C)(C)C(CCNC(=O)[C@@H]1CCCO1)CCC(=O)O. The van der Waals surface area contributed by atoms with Crippen LogP contribution in [0.25, 0.3) is 0 Å². The van der Waals surface area contributed by atoms with Gasteiger partial charge in [-0.3, -0.25) is 9.59 Å². The van der Waals surface area contributed by atoms with E-state index in [1.807, 2.05) is 0 Å². The Labute approximate surface area is 121 Å². The topological polar surface area (TPSA) is 75.6 Å². The predicted molar refractivity (Wildman–Crippen MR) is 76.4 cm³/mol. The van der Waals surface area contributed by atoms with E-state index in [9.17, 15) is 9.59 Å². The van der Waals surface area contributed by atoms with Crippen LogP contribution in [0.1, 0.15) is 52.9 Å². The number of hydrogen-bond donors (Lipinski definition) is 2. The van der Waals surface area contributed by atoms with E-state index in [1.54, 1.807) is 0 Å². The molecule has 0 spiro atoms. The highest BCUT2D eigenvalue weighted by atomic mass is 16.5. The summed E-state index contributed by atoms with van der Waals surface area (Å²) in [5.41, 5.74) is 0.0457. The number of carbonyl (C=O) groups excluding carboxylic acids is 1. The van der Waals surface area contributed by atoms with Crippen molar-refractivity contribution in [2.75, 3.05) is 13.2 Å². The zero-order valence-corrected chi connectivity index (χ0v) is 12.8. The lowest BCUT2D eigenvalue weighted by molar-refractivity contribution is -0.137. The zero-order valence-electron chi connectivity index (χ0n) is 12.8. The maximum absolute atomic E-state index is 11.8. The third-order valence-corrected chi connectivity index (χ3v) is 3.95. The lowest BCUT2D eigenvalue weighted by Gasteiger charge is -2.30. The number of nitrogens with one attached hydrogen (secondary N) is 1. The van der Waals surface area contributed by atoms with Gasteiger partial charge < -0.3 is 15.2 Å². The quantitative estimate of drug-likeness (QED) is 0.752. The highest BCUT2D eigenvalue weighted by Gasteiger charge is 2.26. The van der Waals surface area contributed by atoms with Gasteiger partial charge in [-0.15, -0.1) is 0 Å². The molecule has 1 saturated heterocycles. The van der Waals surface area contributed by atoms with Gasteiger partial charge in [0.05, 0.1) is 0 Å². The van der Waals surface area contributed by atoms with Crippen molar-refractivity contribution in [2.24, 2.45) is 11.3 Å². The summed E-state index contributed by atoms with van der Waals surface area (Å²) in [6.07, 6.45) is 3.09. The maximum atomic E-state index is 11.8. The number of aliphatic carboxylic acids is 1. The molecule has 0 bridgehead atoms. The van der Waals surface area contributed by atoms with Crippen LogP contribution in [0.15, 0.2) is 0 Å². The monoisotopic (exact) mass is 285 g/mol. The summed E-state index contributed by atoms with van der Waals surface area (Å²) in [7, 11) is 0. The minimum absolute atomic E-state index is 0.0339. The second kappa shape index (κ2) is 7.62. The van der Waals surface area contributed by atoms with Crippen molar-refractivity contribution in [3.05, 3.63) is 0 Å². The van der Waals surface area contributed by atoms with Crippen LogP contribution in [0.2, 0.25) is 0 Å². The molecule has 1 rings (SSSR count). The third kappa shape index (κ3) is 5.90. The van der Waals surface area contributed by atoms with Crippen LogP contribution in [-0.4, -0.2) is 36.2 Å². The van der Waals surface area contributed by atoms with Gasteiger partial charge in [0.2, 0.25) is 5.91 Å². The van der Waals surface area contributed by atoms with Gasteiger partial charge in [-0.25, -0.2) is 0 Å². The molecule has 0 aromatic heterocycles. The Morgan fingerprint density at radius 3 is 2.55 bits per heavy atom. The van der Waals surface area contributed by atoms with E-state index >= 15 is 0 Å². The molecule has 20 heavy (non-hydrogen) atoms. The largest absolute Gasteiger partial charge is 0.481 e. The summed E-state index contributed by atoms with van der Waals surface area (Å²) in [6, 6.07) is 0. The minimum atomic E-state index is -0.761. The van der Waals surface area contributed by atoms with Crippen LogP contribution in [0.5, 0.6) is 0 Å². The number of ether oxygens (including phenoxy) is 1. The van der Waals surface area contributed by atoms with Crippen molar-refractivity contribution < 1.29 is 19.4 Å². The molecule has 0 saturated carbocycles. The first-order chi connectivity index (χ1) is 9.30. The molecule has 1 aliphatic heterocycles. The lowest BCUT2D eigenvalue weighted by Crippen LogP contribution is -2.36. The maximum Gasteiger partial charge on any atom is 0.303 e. The fraction of sp³-hybridized carbons (Fsp3) is 0.867. The molecule has 2 atom stereocenters. The summed E-state index contributed by atoms with van der Waals surface area (Å²) < 4.78 is 5.33. The van der Waals surface area contributed by atoms with Crippen LogP contribution in [0, 0.1) is 11.3 Å². The second-order valence-electron chi connectivity index (χ2n) is 6.58. The smallest absolute Gasteiger partial charge is 0.303 e. The fourth-order valence-corrected chi connectivity index (χ4v) is 2.58. The number of carbonyl (C=O) groups is 2. The molecule has 0 aliphatic carbocycles. The third-order valence-electron chi connectivity index (χ3n) is 3.95. The average Bonchev–Trinajstić information content (AvgIpc) is 2.84. The highest BCUT2D eigenvalue weighted by molar-refractivity contribution is 5.80. The summed E-state index contributed by atoms with van der Waals surface area (Å²) in [4.78, 5) is 22.5. The van der Waals surface area contributed by atoms with Crippen molar-refractivity contribution >= 4 is 11.9 Å². The number of rotatable bonds is 7. The Bertz CT molecular complexity index is 329. The molecule has 0 aromatic rings. The fourth-order valence-electron chi connectivity index (χ4n) is 2.58. The van der Waals surface area contributed by atoms with Crippen molar-refractivity contribution in [3.8, 4) is 0 Å². The first-order valence-corrected chi connectivity index (χ1v) is 7.42. The molecule has 0 aromatic carbocycles. The van der Waals surface area contributed by atoms with E-state index in [1.165, 1.54) is 0 Å². The normalized spacial score (nSPS) is 20.6. The van der Waals surface area contributed by atoms with E-state index < -0.39 is 5.97 Å². The molecule has 5 heteroatoms. The number of carboxylic acid groups (broad SMARTS) is 1. The highest BCUT2D eigenvalue weighted by Crippen LogP contribution is 2.32. The lowest BCUT2D eigenvalue weighted by atomic mass is 9.76. The van der Waals surface area contributed by atoms with Gasteiger partial charge >= 0.3 is 5.97 Å². The van der Waals surface area contributed by atoms with Gasteiger partial charge in [0, 0.05) is 19.6 Å². The minimum Gasteiger partial charge on any atom is -0.481 e. The number of amides is 1. The molecule has 1 unspecified atom stereocenters. The first kappa shape index (κ1) is 17.0. The van der Waals surface area contributed by atoms with Crippen molar-refractivity contribution in [2.45, 2.75) is 59.0 Å². The van der Waals surface area contributed by atoms with E-state index in [4.69, 9.17) is 9.84 Å². The predicted octanol–water partition coefficient (Wildman–Crippen LogP) is 2.20. The molecule has 1 heterocycles. The Balaban J connectivity index is 2.33. The summed E-state index contributed by atoms with van der Waals surface area (Å²) in [6.45, 7) is 7.59. The number of carboxylic acids is 1. The summed E-state index contributed by atoms with van der Waals surface area (Å²) in [5.74, 6) is -0.514. The van der Waals surface area contributed by atoms with Gasteiger partial charge in [-0.2, -0.15) is 0 Å². The van der Waals surface area contributed by atoms with E-state index in [0.29, 0.717) is 19.6 Å². The van der Waals surface area contributed by atoms with E-state index in [2.05, 4.69) is 26.1 Å². The van der Waals surface area contributed by atoms with E-state index in [-0.39, 0.29) is 29.8 Å². The molecular formula is C15H27NO4. The Kier molecular flexibility index (Phi) is 6.46. The standard InChI is InChI=1S/C15H27NO4/c1-15(2,3)11(6-7-13(17)18)8-9-16-14(19)12-5-4-10-20-12/h11-12H,4-10H2,1-3H3,(H,16,19)(H,17,18)/t11?,12-/m0/s1. The van der Waals surface area contributed by atoms with E-state index in [0.717, 1.165) is 19.3 Å². The van der Waals surface area contributed by atoms with Crippen LogP contribution in [0.3, 0.4) is 0 Å². The Morgan fingerprint density at radius 1 is 1.35 bits per heavy atom. The summed E-state index contributed by atoms with van der Waals surface area (Å²) in [5, 5.41) is 11.7. The molecule has 2 N–H and O–H groups in total.